The molecule has 0 aliphatic rings. The third kappa shape index (κ3) is 5.11. The number of benzene rings is 2. The summed E-state index contributed by atoms with van der Waals surface area (Å²) in [7, 11) is 1.53. The fraction of sp³-hybridized carbons (Fsp3) is 0.120. The predicted octanol–water partition coefficient (Wildman–Crippen LogP) is 5.59. The summed E-state index contributed by atoms with van der Waals surface area (Å²) in [5.41, 5.74) is 2.15. The molecule has 0 amide bonds. The van der Waals surface area contributed by atoms with Crippen LogP contribution in [0.5, 0.6) is 17.2 Å². The second-order valence-electron chi connectivity index (χ2n) is 6.89. The Hall–Kier alpha value is -4.06. The summed E-state index contributed by atoms with van der Waals surface area (Å²) in [6.45, 7) is 10.3. The van der Waals surface area contributed by atoms with Crippen molar-refractivity contribution in [3.8, 4) is 39.9 Å². The van der Waals surface area contributed by atoms with Crippen molar-refractivity contribution in [3.05, 3.63) is 78.9 Å². The summed E-state index contributed by atoms with van der Waals surface area (Å²) in [6, 6.07) is 15.6. The van der Waals surface area contributed by atoms with Crippen LogP contribution in [0.25, 0.3) is 22.6 Å². The molecule has 1 heterocycles. The number of carbonyl (C=O) groups is 2. The fourth-order valence-corrected chi connectivity index (χ4v) is 2.65. The molecular weight excluding hydrogens is 396 g/mol. The highest BCUT2D eigenvalue weighted by molar-refractivity contribution is 5.89. The molecule has 0 bridgehead atoms. The van der Waals surface area contributed by atoms with Crippen molar-refractivity contribution >= 4 is 11.9 Å². The van der Waals surface area contributed by atoms with E-state index in [1.54, 1.807) is 56.3 Å². The molecule has 6 nitrogen and oxygen atoms in total. The lowest BCUT2D eigenvalue weighted by Crippen LogP contribution is -2.08. The number of furan rings is 1. The van der Waals surface area contributed by atoms with Gasteiger partial charge in [-0.2, -0.15) is 0 Å². The zero-order valence-electron chi connectivity index (χ0n) is 17.6. The number of hydrogen-bond acceptors (Lipinski definition) is 6. The lowest BCUT2D eigenvalue weighted by atomic mass is 10.1. The Kier molecular flexibility index (Phi) is 6.40. The number of rotatable bonds is 7. The van der Waals surface area contributed by atoms with Crippen LogP contribution in [0.3, 0.4) is 0 Å². The first-order valence-corrected chi connectivity index (χ1v) is 9.42. The first-order chi connectivity index (χ1) is 14.8. The van der Waals surface area contributed by atoms with E-state index in [9.17, 15) is 9.59 Å². The monoisotopic (exact) mass is 418 g/mol. The maximum absolute atomic E-state index is 11.7. The van der Waals surface area contributed by atoms with Crippen LogP contribution < -0.4 is 14.2 Å². The van der Waals surface area contributed by atoms with Gasteiger partial charge in [-0.1, -0.05) is 13.2 Å². The van der Waals surface area contributed by atoms with Crippen LogP contribution >= 0.6 is 0 Å². The minimum absolute atomic E-state index is 0.305. The van der Waals surface area contributed by atoms with E-state index < -0.39 is 11.9 Å². The highest BCUT2D eigenvalue weighted by Gasteiger charge is 2.15. The molecule has 3 aromatic rings. The molecule has 0 atom stereocenters. The van der Waals surface area contributed by atoms with Crippen LogP contribution in [0.2, 0.25) is 0 Å². The Labute approximate surface area is 180 Å². The number of hydrogen-bond donors (Lipinski definition) is 0. The quantitative estimate of drug-likeness (QED) is 0.283. The number of esters is 2. The van der Waals surface area contributed by atoms with Crippen molar-refractivity contribution in [2.75, 3.05) is 7.11 Å². The largest absolute Gasteiger partial charge is 0.496 e. The topological polar surface area (TPSA) is 75.0 Å². The molecule has 0 aliphatic carbocycles. The maximum Gasteiger partial charge on any atom is 0.338 e. The normalized spacial score (nSPS) is 10.3. The molecule has 0 unspecified atom stereocenters. The van der Waals surface area contributed by atoms with Crippen LogP contribution in [-0.4, -0.2) is 19.0 Å². The number of methoxy groups -OCH3 is 1. The molecule has 2 aromatic carbocycles. The average molecular weight is 418 g/mol. The lowest BCUT2D eigenvalue weighted by Gasteiger charge is -2.09. The summed E-state index contributed by atoms with van der Waals surface area (Å²) in [5.74, 6) is 1.50. The van der Waals surface area contributed by atoms with E-state index in [1.807, 2.05) is 12.1 Å². The molecule has 158 valence electrons. The first kappa shape index (κ1) is 21.6. The van der Waals surface area contributed by atoms with Gasteiger partial charge in [-0.15, -0.1) is 0 Å². The zero-order valence-corrected chi connectivity index (χ0v) is 17.6. The molecule has 0 fully saturated rings. The summed E-state index contributed by atoms with van der Waals surface area (Å²) in [5, 5.41) is 0. The van der Waals surface area contributed by atoms with Crippen LogP contribution in [0.1, 0.15) is 13.8 Å². The Morgan fingerprint density at radius 2 is 1.32 bits per heavy atom. The van der Waals surface area contributed by atoms with Gasteiger partial charge in [0.1, 0.15) is 28.8 Å². The van der Waals surface area contributed by atoms with Gasteiger partial charge in [0.05, 0.1) is 12.7 Å². The number of carbonyl (C=O) groups excluding carboxylic acids is 2. The third-order valence-corrected chi connectivity index (χ3v) is 4.30. The van der Waals surface area contributed by atoms with E-state index in [0.29, 0.717) is 45.5 Å². The molecule has 0 N–H and O–H groups in total. The van der Waals surface area contributed by atoms with Gasteiger partial charge in [-0.25, -0.2) is 9.59 Å². The lowest BCUT2D eigenvalue weighted by molar-refractivity contribution is -0.130. The first-order valence-electron chi connectivity index (χ1n) is 9.42. The molecule has 0 aliphatic heterocycles. The van der Waals surface area contributed by atoms with Gasteiger partial charge < -0.3 is 18.6 Å². The van der Waals surface area contributed by atoms with Crippen LogP contribution in [-0.2, 0) is 9.59 Å². The van der Waals surface area contributed by atoms with Crippen molar-refractivity contribution in [1.29, 1.82) is 0 Å². The second kappa shape index (κ2) is 9.17. The maximum atomic E-state index is 11.7. The minimum Gasteiger partial charge on any atom is -0.496 e. The molecule has 3 rings (SSSR count). The van der Waals surface area contributed by atoms with E-state index >= 15 is 0 Å². The molecule has 0 spiro atoms. The fourth-order valence-electron chi connectivity index (χ4n) is 2.65. The van der Waals surface area contributed by atoms with E-state index in [2.05, 4.69) is 13.2 Å². The van der Waals surface area contributed by atoms with Gasteiger partial charge in [0.2, 0.25) is 0 Å². The van der Waals surface area contributed by atoms with Gasteiger partial charge in [-0.3, -0.25) is 0 Å². The molecule has 0 radical (unpaired) electrons. The van der Waals surface area contributed by atoms with Gasteiger partial charge in [0.25, 0.3) is 0 Å². The van der Waals surface area contributed by atoms with Crippen LogP contribution in [0.15, 0.2) is 83.3 Å². The van der Waals surface area contributed by atoms with E-state index in [-0.39, 0.29) is 0 Å². The third-order valence-electron chi connectivity index (χ3n) is 4.30. The SMILES string of the molecule is C=C(C)C(=O)Oc1ccc(-c2ccc(-c3ccc(OC(=O)C(=C)C)cc3OC)o2)cc1. The van der Waals surface area contributed by atoms with Crippen molar-refractivity contribution < 1.29 is 28.2 Å². The van der Waals surface area contributed by atoms with Crippen LogP contribution in [0.4, 0.5) is 0 Å². The minimum atomic E-state index is -0.507. The predicted molar refractivity (Wildman–Crippen MR) is 117 cm³/mol. The van der Waals surface area contributed by atoms with E-state index in [0.717, 1.165) is 5.56 Å². The number of ether oxygens (including phenoxy) is 3. The smallest absolute Gasteiger partial charge is 0.338 e. The van der Waals surface area contributed by atoms with Gasteiger partial charge >= 0.3 is 11.9 Å². The Morgan fingerprint density at radius 1 is 0.774 bits per heavy atom. The molecule has 0 saturated carbocycles. The zero-order chi connectivity index (χ0) is 22.5. The second-order valence-corrected chi connectivity index (χ2v) is 6.89. The molecule has 1 aromatic heterocycles. The van der Waals surface area contributed by atoms with Gasteiger partial charge in [-0.05, 0) is 62.4 Å². The molecule has 31 heavy (non-hydrogen) atoms. The molecule has 0 saturated heterocycles. The van der Waals surface area contributed by atoms with Gasteiger partial charge in [0, 0.05) is 22.8 Å². The molecule has 6 heteroatoms. The highest BCUT2D eigenvalue weighted by atomic mass is 16.5. The van der Waals surface area contributed by atoms with E-state index in [4.69, 9.17) is 18.6 Å². The van der Waals surface area contributed by atoms with Crippen molar-refractivity contribution in [2.24, 2.45) is 0 Å². The highest BCUT2D eigenvalue weighted by Crippen LogP contribution is 2.36. The Balaban J connectivity index is 1.81. The average Bonchev–Trinajstić information content (AvgIpc) is 3.24. The Bertz CT molecular complexity index is 1150. The van der Waals surface area contributed by atoms with Crippen molar-refractivity contribution in [2.45, 2.75) is 13.8 Å². The standard InChI is InChI=1S/C25H22O6/c1-15(2)24(26)29-18-8-6-17(7-9-18)21-12-13-22(31-21)20-11-10-19(14-23(20)28-5)30-25(27)16(3)4/h6-14H,1,3H2,2,4-5H3. The van der Waals surface area contributed by atoms with Crippen molar-refractivity contribution in [3.63, 3.8) is 0 Å². The summed E-state index contributed by atoms with van der Waals surface area (Å²) >= 11 is 0. The summed E-state index contributed by atoms with van der Waals surface area (Å²) in [4.78, 5) is 23.4. The summed E-state index contributed by atoms with van der Waals surface area (Å²) < 4.78 is 21.9. The molecular formula is C25H22O6. The van der Waals surface area contributed by atoms with E-state index in [1.165, 1.54) is 7.11 Å². The van der Waals surface area contributed by atoms with Crippen molar-refractivity contribution in [1.82, 2.24) is 0 Å². The van der Waals surface area contributed by atoms with Gasteiger partial charge in [0.15, 0.2) is 0 Å². The Morgan fingerprint density at radius 3 is 1.90 bits per heavy atom. The summed E-state index contributed by atoms with van der Waals surface area (Å²) in [6.07, 6.45) is 0. The van der Waals surface area contributed by atoms with Crippen LogP contribution in [0, 0.1) is 0 Å².